The topological polar surface area (TPSA) is 59.3 Å². The van der Waals surface area contributed by atoms with E-state index in [1.807, 2.05) is 30.3 Å². The van der Waals surface area contributed by atoms with Crippen LogP contribution in [-0.2, 0) is 0 Å². The maximum atomic E-state index is 11.8. The Morgan fingerprint density at radius 3 is 2.54 bits per heavy atom. The van der Waals surface area contributed by atoms with Gasteiger partial charge in [0.2, 0.25) is 0 Å². The molecule has 1 heterocycles. The van der Waals surface area contributed by atoms with E-state index in [9.17, 15) is 4.79 Å². The largest absolute Gasteiger partial charge is 0.341 e. The van der Waals surface area contributed by atoms with Gasteiger partial charge < -0.3 is 5.32 Å². The number of carbonyl (C=O) groups is 1. The van der Waals surface area contributed by atoms with Crippen molar-refractivity contribution >= 4 is 6.03 Å². The number of carbonyl (C=O) groups excluding carboxylic acids is 1. The van der Waals surface area contributed by atoms with Crippen LogP contribution in [-0.4, -0.2) is 22.4 Å². The molecular weight excluding hydrogens is 300 g/mol. The van der Waals surface area contributed by atoms with Gasteiger partial charge in [0.1, 0.15) is 0 Å². The molecule has 24 heavy (non-hydrogen) atoms. The normalized spacial score (nSPS) is 11.5. The van der Waals surface area contributed by atoms with Gasteiger partial charge in [-0.3, -0.25) is 0 Å². The number of unbranched alkanes of at least 4 members (excludes halogenated alkanes) is 5. The highest BCUT2D eigenvalue weighted by molar-refractivity contribution is 5.74. The van der Waals surface area contributed by atoms with Crippen molar-refractivity contribution in [3.8, 4) is 5.69 Å². The van der Waals surface area contributed by atoms with Crippen molar-refractivity contribution in [2.24, 2.45) is 4.99 Å². The lowest BCUT2D eigenvalue weighted by atomic mass is 10.1. The van der Waals surface area contributed by atoms with Gasteiger partial charge in [0.05, 0.1) is 17.2 Å². The summed E-state index contributed by atoms with van der Waals surface area (Å²) in [6.45, 7) is 2.89. The van der Waals surface area contributed by atoms with Crippen LogP contribution in [0.2, 0.25) is 0 Å². The Balaban J connectivity index is 1.78. The first-order valence-electron chi connectivity index (χ1n) is 8.72. The average molecular weight is 326 g/mol. The summed E-state index contributed by atoms with van der Waals surface area (Å²) < 4.78 is 1.74. The van der Waals surface area contributed by atoms with Crippen LogP contribution >= 0.6 is 0 Å². The molecule has 2 aromatic rings. The molecule has 0 fully saturated rings. The van der Waals surface area contributed by atoms with E-state index < -0.39 is 0 Å². The summed E-state index contributed by atoms with van der Waals surface area (Å²) in [5.41, 5.74) is 0.969. The summed E-state index contributed by atoms with van der Waals surface area (Å²) in [7, 11) is 0. The van der Waals surface area contributed by atoms with Gasteiger partial charge in [0, 0.05) is 12.7 Å². The molecule has 0 aliphatic heterocycles. The standard InChI is InChI=1S/C19H26N4O/c1-2-3-4-5-6-10-14-20-19(24)22-17-13-15-23(21-16-17)18-11-8-7-9-12-18/h7-9,11-13,15-16H,2-6,10,14H2,1H3,(H,20,24). The number of nitrogens with one attached hydrogen (secondary N) is 1. The lowest BCUT2D eigenvalue weighted by Crippen LogP contribution is -2.23. The third-order valence-corrected chi connectivity index (χ3v) is 3.76. The number of amides is 2. The minimum atomic E-state index is -0.303. The molecule has 1 aromatic heterocycles. The molecule has 0 spiro atoms. The van der Waals surface area contributed by atoms with Gasteiger partial charge in [-0.1, -0.05) is 57.2 Å². The molecule has 0 aliphatic rings. The second-order valence-electron chi connectivity index (χ2n) is 5.78. The van der Waals surface area contributed by atoms with Crippen LogP contribution in [0.15, 0.2) is 53.8 Å². The van der Waals surface area contributed by atoms with Gasteiger partial charge in [0.15, 0.2) is 0 Å². The molecule has 0 unspecified atom stereocenters. The number of hydrogen-bond donors (Lipinski definition) is 1. The molecule has 0 aliphatic carbocycles. The minimum Gasteiger partial charge on any atom is -0.336 e. The fourth-order valence-electron chi connectivity index (χ4n) is 2.41. The number of urea groups is 1. The molecule has 0 radical (unpaired) electrons. The Labute approximate surface area is 143 Å². The number of benzene rings is 1. The van der Waals surface area contributed by atoms with Crippen molar-refractivity contribution < 1.29 is 4.79 Å². The molecule has 0 saturated heterocycles. The predicted octanol–water partition coefficient (Wildman–Crippen LogP) is 3.84. The van der Waals surface area contributed by atoms with Crippen LogP contribution in [0.5, 0.6) is 0 Å². The summed E-state index contributed by atoms with van der Waals surface area (Å²) in [5, 5.41) is 7.67. The zero-order valence-electron chi connectivity index (χ0n) is 14.3. The van der Waals surface area contributed by atoms with Crippen molar-refractivity contribution in [1.82, 2.24) is 15.1 Å². The van der Waals surface area contributed by atoms with Crippen molar-refractivity contribution in [2.45, 2.75) is 45.4 Å². The van der Waals surface area contributed by atoms with Gasteiger partial charge in [-0.25, -0.2) is 9.48 Å². The monoisotopic (exact) mass is 326 g/mol. The van der Waals surface area contributed by atoms with Gasteiger partial charge in [-0.15, -0.1) is 0 Å². The van der Waals surface area contributed by atoms with Crippen LogP contribution in [0, 0.1) is 0 Å². The van der Waals surface area contributed by atoms with E-state index in [0.29, 0.717) is 11.9 Å². The van der Waals surface area contributed by atoms with Crippen LogP contribution in [0.1, 0.15) is 45.4 Å². The Bertz CT molecular complexity index is 659. The van der Waals surface area contributed by atoms with Gasteiger partial charge in [-0.05, 0) is 24.6 Å². The fourth-order valence-corrected chi connectivity index (χ4v) is 2.41. The first-order chi connectivity index (χ1) is 11.8. The van der Waals surface area contributed by atoms with Crippen molar-refractivity contribution in [1.29, 1.82) is 0 Å². The molecule has 1 aromatic carbocycles. The highest BCUT2D eigenvalue weighted by atomic mass is 16.2. The molecule has 0 saturated carbocycles. The van der Waals surface area contributed by atoms with E-state index in [0.717, 1.165) is 18.5 Å². The molecule has 2 rings (SSSR count). The smallest absolute Gasteiger partial charge is 0.336 e. The van der Waals surface area contributed by atoms with Crippen molar-refractivity contribution in [2.75, 3.05) is 6.54 Å². The number of rotatable bonds is 8. The van der Waals surface area contributed by atoms with E-state index in [4.69, 9.17) is 0 Å². The lowest BCUT2D eigenvalue weighted by Gasteiger charge is -2.04. The summed E-state index contributed by atoms with van der Waals surface area (Å²) >= 11 is 0. The predicted molar refractivity (Wildman–Crippen MR) is 95.9 cm³/mol. The molecular formula is C19H26N4O. The highest BCUT2D eigenvalue weighted by Gasteiger charge is 1.98. The van der Waals surface area contributed by atoms with Gasteiger partial charge >= 0.3 is 6.03 Å². The summed E-state index contributed by atoms with van der Waals surface area (Å²) in [4.78, 5) is 15.8. The molecule has 128 valence electrons. The molecule has 0 atom stereocenters. The van der Waals surface area contributed by atoms with Crippen LogP contribution in [0.3, 0.4) is 0 Å². The summed E-state index contributed by atoms with van der Waals surface area (Å²) in [5.74, 6) is 0. The number of para-hydroxylation sites is 1. The zero-order chi connectivity index (χ0) is 17.0. The molecule has 5 heteroatoms. The number of hydrogen-bond acceptors (Lipinski definition) is 2. The van der Waals surface area contributed by atoms with E-state index in [-0.39, 0.29) is 6.03 Å². The Hall–Kier alpha value is -2.43. The van der Waals surface area contributed by atoms with Crippen LogP contribution < -0.4 is 10.7 Å². The second kappa shape index (κ2) is 10.4. The van der Waals surface area contributed by atoms with E-state index in [1.165, 1.54) is 25.7 Å². The van der Waals surface area contributed by atoms with E-state index in [1.54, 1.807) is 23.1 Å². The van der Waals surface area contributed by atoms with E-state index >= 15 is 0 Å². The van der Waals surface area contributed by atoms with Gasteiger partial charge in [-0.2, -0.15) is 10.1 Å². The van der Waals surface area contributed by atoms with Gasteiger partial charge in [0.25, 0.3) is 0 Å². The maximum Gasteiger partial charge on any atom is 0.341 e. The first-order valence-corrected chi connectivity index (χ1v) is 8.72. The van der Waals surface area contributed by atoms with E-state index in [2.05, 4.69) is 22.3 Å². The third kappa shape index (κ3) is 6.36. The third-order valence-electron chi connectivity index (χ3n) is 3.76. The molecule has 2 amide bonds. The maximum absolute atomic E-state index is 11.8. The van der Waals surface area contributed by atoms with Crippen molar-refractivity contribution in [3.63, 3.8) is 0 Å². The Kier molecular flexibility index (Phi) is 7.74. The summed E-state index contributed by atoms with van der Waals surface area (Å²) in [6.07, 6.45) is 10.6. The Morgan fingerprint density at radius 2 is 1.83 bits per heavy atom. The lowest BCUT2D eigenvalue weighted by molar-refractivity contribution is 0.248. The second-order valence-corrected chi connectivity index (χ2v) is 5.78. The fraction of sp³-hybridized carbons (Fsp3) is 0.421. The quantitative estimate of drug-likeness (QED) is 0.749. The highest BCUT2D eigenvalue weighted by Crippen LogP contribution is 2.04. The first kappa shape index (κ1) is 17.9. The summed E-state index contributed by atoms with van der Waals surface area (Å²) in [6, 6.07) is 11.3. The van der Waals surface area contributed by atoms with Crippen molar-refractivity contribution in [3.05, 3.63) is 54.1 Å². The molecule has 5 nitrogen and oxygen atoms in total. The Morgan fingerprint density at radius 1 is 1.08 bits per heavy atom. The minimum absolute atomic E-state index is 0.303. The molecule has 0 bridgehead atoms. The van der Waals surface area contributed by atoms with Crippen LogP contribution in [0.4, 0.5) is 4.79 Å². The SMILES string of the molecule is CCCCCCCCNC(=O)N=c1ccn(-c2ccccc2)nc1. The zero-order valence-corrected chi connectivity index (χ0v) is 14.3. The number of aromatic nitrogens is 2. The molecule has 1 N–H and O–H groups in total. The number of nitrogens with zero attached hydrogens (tertiary/aromatic N) is 3. The van der Waals surface area contributed by atoms with Crippen LogP contribution in [0.25, 0.3) is 5.69 Å². The average Bonchev–Trinajstić information content (AvgIpc) is 2.62.